The molecule has 3 aromatic carbocycles. The number of nitrogens with one attached hydrogen (secondary N) is 2. The molecule has 2 N–H and O–H groups in total. The highest BCUT2D eigenvalue weighted by Gasteiger charge is 2.50. The molecule has 0 aliphatic carbocycles. The number of piperidine rings is 2. The summed E-state index contributed by atoms with van der Waals surface area (Å²) in [7, 11) is 4.41. The standard InChI is InChI=1S/C46H50N4O2S2/c1-49-37-15-17-41(49)43(39(23-37)33-11-7-31(8-12-33)35-19-21-53-27-35)45(51)47-25-29-3-5-30(6-4-29)26-48-46(52)44-40(24-38-16-18-42(44)50(38)2)34-13-9-32(10-14-34)36-20-22-54-28-36/h3-14,19-22,27-28,37-44H,15-18,23-26H2,1-2H3,(H,47,51)(H,48,52)/t37?,38?,39-,40-,41?,42?,43-,44+/m1/s1. The Hall–Kier alpha value is -4.08. The maximum absolute atomic E-state index is 14.0. The molecule has 5 aromatic rings. The van der Waals surface area contributed by atoms with Crippen molar-refractivity contribution in [2.75, 3.05) is 14.1 Å². The molecule has 278 valence electrons. The van der Waals surface area contributed by atoms with Gasteiger partial charge in [0.25, 0.3) is 0 Å². The maximum atomic E-state index is 14.0. The van der Waals surface area contributed by atoms with Crippen LogP contribution in [0, 0.1) is 11.8 Å². The number of amides is 2. The van der Waals surface area contributed by atoms with Crippen molar-refractivity contribution < 1.29 is 9.59 Å². The van der Waals surface area contributed by atoms with Crippen LogP contribution in [0.5, 0.6) is 0 Å². The quantitative estimate of drug-likeness (QED) is 0.150. The molecule has 9 rings (SSSR count). The lowest BCUT2D eigenvalue weighted by molar-refractivity contribution is -0.130. The lowest BCUT2D eigenvalue weighted by Crippen LogP contribution is -2.51. The number of nitrogens with zero attached hydrogens (tertiary/aromatic N) is 2. The van der Waals surface area contributed by atoms with Crippen LogP contribution in [-0.2, 0) is 22.7 Å². The summed E-state index contributed by atoms with van der Waals surface area (Å²) in [5, 5.41) is 15.3. The van der Waals surface area contributed by atoms with Crippen LogP contribution in [0.15, 0.2) is 106 Å². The first-order valence-corrected chi connectivity index (χ1v) is 21.6. The fourth-order valence-electron chi connectivity index (χ4n) is 10.4. The van der Waals surface area contributed by atoms with Crippen LogP contribution in [0.1, 0.15) is 72.6 Å². The van der Waals surface area contributed by atoms with Gasteiger partial charge >= 0.3 is 0 Å². The summed E-state index contributed by atoms with van der Waals surface area (Å²) in [5.74, 6) is 0.574. The van der Waals surface area contributed by atoms with Gasteiger partial charge in [-0.15, -0.1) is 0 Å². The molecule has 4 aliphatic heterocycles. The second-order valence-corrected chi connectivity index (χ2v) is 17.7. The molecule has 6 heterocycles. The minimum Gasteiger partial charge on any atom is -0.352 e. The smallest absolute Gasteiger partial charge is 0.225 e. The van der Waals surface area contributed by atoms with Crippen molar-refractivity contribution in [1.29, 1.82) is 0 Å². The average Bonchev–Trinajstić information content (AvgIpc) is 4.02. The van der Waals surface area contributed by atoms with E-state index in [0.717, 1.165) is 49.7 Å². The van der Waals surface area contributed by atoms with Gasteiger partial charge in [0.2, 0.25) is 11.8 Å². The monoisotopic (exact) mass is 754 g/mol. The first kappa shape index (κ1) is 35.6. The van der Waals surface area contributed by atoms with Gasteiger partial charge in [0.05, 0.1) is 11.8 Å². The SMILES string of the molecule is CN1C2CCC1[C@@H](C(=O)NCc1ccc(CNC(=O)[C@H]3C4CCC(C[C@@H]3c3ccc(-c5ccsc5)cc3)N4C)cc1)[C@@H](c1ccc(-c3ccsc3)cc1)C2. The molecular formula is C46H50N4O2S2. The van der Waals surface area contributed by atoms with E-state index in [9.17, 15) is 9.59 Å². The summed E-state index contributed by atoms with van der Waals surface area (Å²) in [6.07, 6.45) is 6.51. The van der Waals surface area contributed by atoms with Gasteiger partial charge in [-0.3, -0.25) is 19.4 Å². The third-order valence-corrected chi connectivity index (χ3v) is 14.9. The molecule has 8 atom stereocenters. The number of benzene rings is 3. The fourth-order valence-corrected chi connectivity index (χ4v) is 11.8. The van der Waals surface area contributed by atoms with Gasteiger partial charge < -0.3 is 10.6 Å². The number of carbonyl (C=O) groups excluding carboxylic acids is 2. The van der Waals surface area contributed by atoms with Crippen molar-refractivity contribution in [2.24, 2.45) is 11.8 Å². The summed E-state index contributed by atoms with van der Waals surface area (Å²) < 4.78 is 0. The Morgan fingerprint density at radius 1 is 0.556 bits per heavy atom. The number of thiophene rings is 2. The Balaban J connectivity index is 0.833. The second-order valence-electron chi connectivity index (χ2n) is 16.2. The molecule has 54 heavy (non-hydrogen) atoms. The van der Waals surface area contributed by atoms with Gasteiger partial charge in [0.15, 0.2) is 0 Å². The third-order valence-electron chi connectivity index (χ3n) is 13.5. The zero-order chi connectivity index (χ0) is 36.8. The largest absolute Gasteiger partial charge is 0.352 e. The normalized spacial score (nSPS) is 27.9. The molecule has 4 bridgehead atoms. The zero-order valence-corrected chi connectivity index (χ0v) is 32.8. The van der Waals surface area contributed by atoms with E-state index in [1.165, 1.54) is 33.4 Å². The van der Waals surface area contributed by atoms with Gasteiger partial charge in [-0.1, -0.05) is 72.8 Å². The van der Waals surface area contributed by atoms with Crippen molar-refractivity contribution >= 4 is 34.5 Å². The Morgan fingerprint density at radius 3 is 1.33 bits per heavy atom. The molecule has 8 heteroatoms. The first-order valence-electron chi connectivity index (χ1n) is 19.7. The van der Waals surface area contributed by atoms with Crippen LogP contribution in [0.4, 0.5) is 0 Å². The highest BCUT2D eigenvalue weighted by atomic mass is 32.1. The van der Waals surface area contributed by atoms with Crippen LogP contribution in [0.3, 0.4) is 0 Å². The summed E-state index contributed by atoms with van der Waals surface area (Å²) in [6, 6.07) is 32.2. The van der Waals surface area contributed by atoms with Gasteiger partial charge in [-0.2, -0.15) is 22.7 Å². The number of rotatable bonds is 10. The number of hydrogen-bond acceptors (Lipinski definition) is 6. The molecular weight excluding hydrogens is 705 g/mol. The molecule has 2 aromatic heterocycles. The molecule has 6 nitrogen and oxygen atoms in total. The van der Waals surface area contributed by atoms with Crippen LogP contribution >= 0.6 is 22.7 Å². The highest BCUT2D eigenvalue weighted by molar-refractivity contribution is 7.08. The van der Waals surface area contributed by atoms with E-state index < -0.39 is 0 Å². The van der Waals surface area contributed by atoms with Crippen molar-refractivity contribution in [3.63, 3.8) is 0 Å². The lowest BCUT2D eigenvalue weighted by Gasteiger charge is -2.42. The number of fused-ring (bicyclic) bond motifs is 4. The summed E-state index contributed by atoms with van der Waals surface area (Å²) in [6.45, 7) is 0.992. The van der Waals surface area contributed by atoms with Gasteiger partial charge in [0.1, 0.15) is 0 Å². The molecule has 2 amide bonds. The van der Waals surface area contributed by atoms with E-state index in [1.807, 2.05) is 0 Å². The van der Waals surface area contributed by atoms with Crippen LogP contribution in [0.2, 0.25) is 0 Å². The lowest BCUT2D eigenvalue weighted by atomic mass is 9.75. The molecule has 4 saturated heterocycles. The van der Waals surface area contributed by atoms with Crippen molar-refractivity contribution in [3.05, 3.63) is 129 Å². The Morgan fingerprint density at radius 2 is 0.963 bits per heavy atom. The summed E-state index contributed by atoms with van der Waals surface area (Å²) in [4.78, 5) is 33.0. The van der Waals surface area contributed by atoms with Crippen molar-refractivity contribution in [1.82, 2.24) is 20.4 Å². The van der Waals surface area contributed by atoms with E-state index in [4.69, 9.17) is 0 Å². The van der Waals surface area contributed by atoms with E-state index >= 15 is 0 Å². The molecule has 0 radical (unpaired) electrons. The van der Waals surface area contributed by atoms with Gasteiger partial charge in [0, 0.05) is 37.3 Å². The van der Waals surface area contributed by atoms with Crippen LogP contribution in [-0.4, -0.2) is 59.9 Å². The minimum atomic E-state index is -0.0769. The second kappa shape index (κ2) is 15.2. The van der Waals surface area contributed by atoms with Crippen molar-refractivity contribution in [2.45, 2.75) is 87.6 Å². The Kier molecular flexibility index (Phi) is 10.0. The van der Waals surface area contributed by atoms with Crippen LogP contribution < -0.4 is 10.6 Å². The topological polar surface area (TPSA) is 64.7 Å². The van der Waals surface area contributed by atoms with Crippen LogP contribution in [0.25, 0.3) is 22.3 Å². The highest BCUT2D eigenvalue weighted by Crippen LogP contribution is 2.48. The molecule has 0 saturated carbocycles. The molecule has 4 aliphatic rings. The first-order chi connectivity index (χ1) is 26.4. The fraction of sp³-hybridized carbons (Fsp3) is 0.391. The predicted octanol–water partition coefficient (Wildman–Crippen LogP) is 8.91. The van der Waals surface area contributed by atoms with Crippen molar-refractivity contribution in [3.8, 4) is 22.3 Å². The van der Waals surface area contributed by atoms with E-state index in [2.05, 4.69) is 141 Å². The van der Waals surface area contributed by atoms with Gasteiger partial charge in [-0.25, -0.2) is 0 Å². The van der Waals surface area contributed by atoms with Gasteiger partial charge in [-0.05, 0) is 143 Å². The van der Waals surface area contributed by atoms with E-state index in [1.54, 1.807) is 22.7 Å². The number of carbonyl (C=O) groups is 2. The zero-order valence-electron chi connectivity index (χ0n) is 31.2. The van der Waals surface area contributed by atoms with E-state index in [-0.39, 0.29) is 47.6 Å². The Labute approximate surface area is 327 Å². The Bertz CT molecular complexity index is 1900. The third kappa shape index (κ3) is 6.87. The predicted molar refractivity (Wildman–Crippen MR) is 220 cm³/mol. The maximum Gasteiger partial charge on any atom is 0.225 e. The molecule has 4 fully saturated rings. The molecule has 0 spiro atoms. The van der Waals surface area contributed by atoms with E-state index in [0.29, 0.717) is 25.2 Å². The summed E-state index contributed by atoms with van der Waals surface area (Å²) in [5.41, 5.74) is 9.65. The summed E-state index contributed by atoms with van der Waals surface area (Å²) >= 11 is 3.44. The number of hydrogen-bond donors (Lipinski definition) is 2. The average molecular weight is 755 g/mol. The molecule has 4 unspecified atom stereocenters. The minimum absolute atomic E-state index is 0.0769.